The molecule has 2 atom stereocenters. The maximum absolute atomic E-state index is 5.42. The van der Waals surface area contributed by atoms with Crippen molar-refractivity contribution in [3.63, 3.8) is 0 Å². The van der Waals surface area contributed by atoms with Gasteiger partial charge in [0.2, 0.25) is 0 Å². The summed E-state index contributed by atoms with van der Waals surface area (Å²) in [6.07, 6.45) is 11.3. The van der Waals surface area contributed by atoms with Crippen molar-refractivity contribution < 1.29 is 9.47 Å². The van der Waals surface area contributed by atoms with Crippen LogP contribution in [0.1, 0.15) is 12.8 Å². The SMILES string of the molecule is C1=CC(CCC2C=CCO2)OC1. The molecule has 0 saturated heterocycles. The van der Waals surface area contributed by atoms with Crippen LogP contribution in [0.4, 0.5) is 0 Å². The third-order valence-electron chi connectivity index (χ3n) is 2.25. The van der Waals surface area contributed by atoms with Crippen LogP contribution in [0.5, 0.6) is 0 Å². The number of hydrogen-bond donors (Lipinski definition) is 0. The summed E-state index contributed by atoms with van der Waals surface area (Å²) in [5, 5.41) is 0. The molecule has 2 aliphatic heterocycles. The highest BCUT2D eigenvalue weighted by Gasteiger charge is 2.14. The minimum atomic E-state index is 0.336. The number of rotatable bonds is 3. The van der Waals surface area contributed by atoms with Gasteiger partial charge < -0.3 is 9.47 Å². The first-order chi connectivity index (χ1) is 5.95. The van der Waals surface area contributed by atoms with Crippen molar-refractivity contribution in [2.75, 3.05) is 13.2 Å². The van der Waals surface area contributed by atoms with E-state index in [1.165, 1.54) is 0 Å². The summed E-state index contributed by atoms with van der Waals surface area (Å²) in [6, 6.07) is 0. The molecule has 0 N–H and O–H groups in total. The molecule has 0 aromatic heterocycles. The van der Waals surface area contributed by atoms with Gasteiger partial charge in [0.25, 0.3) is 0 Å². The zero-order valence-corrected chi connectivity index (χ0v) is 7.11. The summed E-state index contributed by atoms with van der Waals surface area (Å²) >= 11 is 0. The lowest BCUT2D eigenvalue weighted by atomic mass is 10.1. The molecule has 2 rings (SSSR count). The second kappa shape index (κ2) is 3.87. The molecular weight excluding hydrogens is 152 g/mol. The highest BCUT2D eigenvalue weighted by atomic mass is 16.5. The van der Waals surface area contributed by atoms with Crippen LogP contribution in [0.25, 0.3) is 0 Å². The van der Waals surface area contributed by atoms with E-state index in [1.54, 1.807) is 0 Å². The van der Waals surface area contributed by atoms with Crippen LogP contribution in [0.15, 0.2) is 24.3 Å². The smallest absolute Gasteiger partial charge is 0.0762 e. The Balaban J connectivity index is 1.67. The summed E-state index contributed by atoms with van der Waals surface area (Å²) in [4.78, 5) is 0. The normalized spacial score (nSPS) is 33.3. The largest absolute Gasteiger partial charge is 0.370 e. The topological polar surface area (TPSA) is 18.5 Å². The van der Waals surface area contributed by atoms with Crippen molar-refractivity contribution >= 4 is 0 Å². The van der Waals surface area contributed by atoms with Crippen LogP contribution in [0.2, 0.25) is 0 Å². The van der Waals surface area contributed by atoms with E-state index in [2.05, 4.69) is 24.3 Å². The monoisotopic (exact) mass is 166 g/mol. The third-order valence-corrected chi connectivity index (χ3v) is 2.25. The molecule has 2 heteroatoms. The molecule has 2 heterocycles. The lowest BCUT2D eigenvalue weighted by molar-refractivity contribution is 0.0840. The molecule has 0 saturated carbocycles. The van der Waals surface area contributed by atoms with Crippen LogP contribution in [-0.2, 0) is 9.47 Å². The molecule has 2 aliphatic rings. The molecule has 0 amide bonds. The van der Waals surface area contributed by atoms with Crippen LogP contribution >= 0.6 is 0 Å². The van der Waals surface area contributed by atoms with Crippen LogP contribution in [-0.4, -0.2) is 25.4 Å². The maximum Gasteiger partial charge on any atom is 0.0762 e. The lowest BCUT2D eigenvalue weighted by Crippen LogP contribution is -2.11. The van der Waals surface area contributed by atoms with Crippen molar-refractivity contribution in [3.8, 4) is 0 Å². The zero-order valence-electron chi connectivity index (χ0n) is 7.11. The van der Waals surface area contributed by atoms with E-state index in [0.29, 0.717) is 12.2 Å². The first-order valence-corrected chi connectivity index (χ1v) is 4.52. The fraction of sp³-hybridized carbons (Fsp3) is 0.600. The Labute approximate surface area is 72.9 Å². The first-order valence-electron chi connectivity index (χ1n) is 4.52. The number of hydrogen-bond acceptors (Lipinski definition) is 2. The van der Waals surface area contributed by atoms with Gasteiger partial charge in [0.15, 0.2) is 0 Å². The lowest BCUT2D eigenvalue weighted by Gasteiger charge is -2.11. The molecular formula is C10H14O2. The fourth-order valence-corrected chi connectivity index (χ4v) is 1.57. The molecule has 66 valence electrons. The second-order valence-corrected chi connectivity index (χ2v) is 3.18. The van der Waals surface area contributed by atoms with Gasteiger partial charge in [0.1, 0.15) is 0 Å². The van der Waals surface area contributed by atoms with Gasteiger partial charge in [-0.05, 0) is 12.8 Å². The van der Waals surface area contributed by atoms with Crippen molar-refractivity contribution in [1.29, 1.82) is 0 Å². The molecule has 0 aromatic carbocycles. The Morgan fingerprint density at radius 1 is 0.917 bits per heavy atom. The Kier molecular flexibility index (Phi) is 2.59. The van der Waals surface area contributed by atoms with Gasteiger partial charge in [-0.2, -0.15) is 0 Å². The fourth-order valence-electron chi connectivity index (χ4n) is 1.57. The van der Waals surface area contributed by atoms with Gasteiger partial charge in [0, 0.05) is 0 Å². The summed E-state index contributed by atoms with van der Waals surface area (Å²) in [7, 11) is 0. The van der Waals surface area contributed by atoms with Gasteiger partial charge >= 0.3 is 0 Å². The van der Waals surface area contributed by atoms with E-state index in [-0.39, 0.29) is 0 Å². The summed E-state index contributed by atoms with van der Waals surface area (Å²) in [6.45, 7) is 1.57. The van der Waals surface area contributed by atoms with Crippen LogP contribution in [0.3, 0.4) is 0 Å². The minimum Gasteiger partial charge on any atom is -0.370 e. The summed E-state index contributed by atoms with van der Waals surface area (Å²) in [5.41, 5.74) is 0. The molecule has 2 nitrogen and oxygen atoms in total. The van der Waals surface area contributed by atoms with Gasteiger partial charge in [-0.25, -0.2) is 0 Å². The average molecular weight is 166 g/mol. The van der Waals surface area contributed by atoms with Crippen molar-refractivity contribution in [1.82, 2.24) is 0 Å². The second-order valence-electron chi connectivity index (χ2n) is 3.18. The van der Waals surface area contributed by atoms with Gasteiger partial charge in [0.05, 0.1) is 25.4 Å². The minimum absolute atomic E-state index is 0.336. The molecule has 0 radical (unpaired) electrons. The van der Waals surface area contributed by atoms with E-state index in [1.807, 2.05) is 0 Å². The van der Waals surface area contributed by atoms with Gasteiger partial charge in [-0.3, -0.25) is 0 Å². The first kappa shape index (κ1) is 8.02. The number of ether oxygens (including phenoxy) is 2. The van der Waals surface area contributed by atoms with Gasteiger partial charge in [-0.1, -0.05) is 24.3 Å². The van der Waals surface area contributed by atoms with E-state index in [9.17, 15) is 0 Å². The molecule has 0 bridgehead atoms. The molecule has 0 spiro atoms. The average Bonchev–Trinajstić information content (AvgIpc) is 2.74. The highest BCUT2D eigenvalue weighted by molar-refractivity contribution is 4.99. The quantitative estimate of drug-likeness (QED) is 0.594. The standard InChI is InChI=1S/C10H14O2/c1-3-9(11-7-1)5-6-10-4-2-8-12-10/h1-4,9-10H,5-8H2. The molecule has 0 aliphatic carbocycles. The van der Waals surface area contributed by atoms with Crippen molar-refractivity contribution in [2.45, 2.75) is 25.0 Å². The van der Waals surface area contributed by atoms with E-state index < -0.39 is 0 Å². The Bertz CT molecular complexity index is 174. The van der Waals surface area contributed by atoms with Gasteiger partial charge in [-0.15, -0.1) is 0 Å². The summed E-state index contributed by atoms with van der Waals surface area (Å²) < 4.78 is 10.8. The summed E-state index contributed by atoms with van der Waals surface area (Å²) in [5.74, 6) is 0. The van der Waals surface area contributed by atoms with E-state index >= 15 is 0 Å². The highest BCUT2D eigenvalue weighted by Crippen LogP contribution is 2.15. The Morgan fingerprint density at radius 3 is 1.75 bits per heavy atom. The zero-order chi connectivity index (χ0) is 8.23. The Morgan fingerprint density at radius 2 is 1.42 bits per heavy atom. The predicted molar refractivity (Wildman–Crippen MR) is 47.0 cm³/mol. The van der Waals surface area contributed by atoms with Crippen molar-refractivity contribution in [2.24, 2.45) is 0 Å². The predicted octanol–water partition coefficient (Wildman–Crippen LogP) is 1.68. The van der Waals surface area contributed by atoms with E-state index in [0.717, 1.165) is 26.1 Å². The Hall–Kier alpha value is -0.600. The molecule has 12 heavy (non-hydrogen) atoms. The third kappa shape index (κ3) is 1.96. The molecule has 0 fully saturated rings. The maximum atomic E-state index is 5.42. The van der Waals surface area contributed by atoms with E-state index in [4.69, 9.17) is 9.47 Å². The van der Waals surface area contributed by atoms with Crippen LogP contribution in [0, 0.1) is 0 Å². The molecule has 0 aromatic rings. The molecule has 2 unspecified atom stereocenters. The van der Waals surface area contributed by atoms with Crippen LogP contribution < -0.4 is 0 Å². The van der Waals surface area contributed by atoms with Crippen molar-refractivity contribution in [3.05, 3.63) is 24.3 Å².